The number of aliphatic hydroxyl groups is 1. The third-order valence-corrected chi connectivity index (χ3v) is 1.42. The summed E-state index contributed by atoms with van der Waals surface area (Å²) in [4.78, 5) is 11.1. The number of aliphatic hydroxyl groups excluding tert-OH is 1. The molecule has 0 radical (unpaired) electrons. The van der Waals surface area contributed by atoms with E-state index in [2.05, 4.69) is 5.10 Å². The minimum Gasteiger partial charge on any atom is -0.397 e. The maximum Gasteiger partial charge on any atom is 0.268 e. The highest BCUT2D eigenvalue weighted by Crippen LogP contribution is 1.90. The fraction of sp³-hybridized carbons (Fsp3) is 0.429. The highest BCUT2D eigenvalue weighted by Gasteiger charge is 1.95. The first-order valence-corrected chi connectivity index (χ1v) is 3.67. The second-order valence-electron chi connectivity index (χ2n) is 2.43. The third-order valence-electron chi connectivity index (χ3n) is 1.42. The molecule has 0 saturated carbocycles. The number of anilines is 1. The summed E-state index contributed by atoms with van der Waals surface area (Å²) >= 11 is 0. The lowest BCUT2D eigenvalue weighted by Crippen LogP contribution is -2.22. The predicted molar refractivity (Wildman–Crippen MR) is 44.6 cm³/mol. The van der Waals surface area contributed by atoms with Gasteiger partial charge >= 0.3 is 0 Å². The Morgan fingerprint density at radius 3 is 3.00 bits per heavy atom. The highest BCUT2D eigenvalue weighted by molar-refractivity contribution is 5.31. The molecule has 1 rings (SSSR count). The molecular formula is C7H11N3O2. The molecule has 0 aromatic carbocycles. The third kappa shape index (κ3) is 2.06. The molecule has 0 bridgehead atoms. The van der Waals surface area contributed by atoms with Crippen molar-refractivity contribution in [3.63, 3.8) is 0 Å². The molecule has 1 heterocycles. The van der Waals surface area contributed by atoms with E-state index in [1.807, 2.05) is 0 Å². The Kier molecular flexibility index (Phi) is 2.82. The van der Waals surface area contributed by atoms with Crippen molar-refractivity contribution in [2.45, 2.75) is 13.0 Å². The molecule has 0 saturated heterocycles. The molecule has 0 aliphatic rings. The van der Waals surface area contributed by atoms with Crippen molar-refractivity contribution in [2.75, 3.05) is 12.3 Å². The predicted octanol–water partition coefficient (Wildman–Crippen LogP) is -0.792. The second-order valence-corrected chi connectivity index (χ2v) is 2.43. The van der Waals surface area contributed by atoms with Crippen molar-refractivity contribution in [3.05, 3.63) is 22.6 Å². The molecule has 0 spiro atoms. The Morgan fingerprint density at radius 1 is 1.67 bits per heavy atom. The van der Waals surface area contributed by atoms with Crippen molar-refractivity contribution < 1.29 is 5.11 Å². The molecule has 0 aliphatic heterocycles. The highest BCUT2D eigenvalue weighted by atomic mass is 16.3. The summed E-state index contributed by atoms with van der Waals surface area (Å²) in [5.41, 5.74) is 5.46. The van der Waals surface area contributed by atoms with Gasteiger partial charge in [-0.05, 0) is 6.42 Å². The van der Waals surface area contributed by atoms with Crippen LogP contribution in [0.5, 0.6) is 0 Å². The van der Waals surface area contributed by atoms with Gasteiger partial charge in [-0.15, -0.1) is 0 Å². The van der Waals surface area contributed by atoms with Crippen molar-refractivity contribution in [3.8, 4) is 0 Å². The van der Waals surface area contributed by atoms with Gasteiger partial charge < -0.3 is 10.8 Å². The van der Waals surface area contributed by atoms with Gasteiger partial charge in [0.2, 0.25) is 0 Å². The molecule has 1 aromatic heterocycles. The Balaban J connectivity index is 2.80. The second kappa shape index (κ2) is 3.87. The summed E-state index contributed by atoms with van der Waals surface area (Å²) in [7, 11) is 0. The molecule has 1 aromatic rings. The Hall–Kier alpha value is -1.36. The van der Waals surface area contributed by atoms with Crippen molar-refractivity contribution in [1.29, 1.82) is 0 Å². The lowest BCUT2D eigenvalue weighted by molar-refractivity contribution is 0.275. The average molecular weight is 169 g/mol. The first-order chi connectivity index (χ1) is 5.74. The zero-order valence-electron chi connectivity index (χ0n) is 6.60. The molecule has 12 heavy (non-hydrogen) atoms. The number of nitrogen functional groups attached to an aromatic ring is 1. The smallest absolute Gasteiger partial charge is 0.268 e. The van der Waals surface area contributed by atoms with Crippen LogP contribution in [0.15, 0.2) is 17.1 Å². The first-order valence-electron chi connectivity index (χ1n) is 3.67. The molecule has 0 atom stereocenters. The quantitative estimate of drug-likeness (QED) is 0.621. The monoisotopic (exact) mass is 169 g/mol. The van der Waals surface area contributed by atoms with Crippen LogP contribution in [-0.4, -0.2) is 21.5 Å². The van der Waals surface area contributed by atoms with E-state index < -0.39 is 0 Å². The van der Waals surface area contributed by atoms with Crippen molar-refractivity contribution in [1.82, 2.24) is 9.78 Å². The minimum absolute atomic E-state index is 0.0541. The van der Waals surface area contributed by atoms with E-state index in [9.17, 15) is 4.79 Å². The van der Waals surface area contributed by atoms with Crippen molar-refractivity contribution >= 4 is 5.69 Å². The van der Waals surface area contributed by atoms with Gasteiger partial charge in [-0.1, -0.05) is 0 Å². The molecule has 66 valence electrons. The van der Waals surface area contributed by atoms with E-state index in [1.165, 1.54) is 16.9 Å². The molecule has 0 amide bonds. The van der Waals surface area contributed by atoms with Gasteiger partial charge in [-0.3, -0.25) is 4.79 Å². The van der Waals surface area contributed by atoms with Gasteiger partial charge in [0.15, 0.2) is 0 Å². The summed E-state index contributed by atoms with van der Waals surface area (Å²) in [6.07, 6.45) is 1.94. The number of aromatic nitrogens is 2. The maximum atomic E-state index is 11.1. The number of nitrogens with two attached hydrogens (primary N) is 1. The number of nitrogens with zero attached hydrogens (tertiary/aromatic N) is 2. The summed E-state index contributed by atoms with van der Waals surface area (Å²) in [5.74, 6) is 0. The van der Waals surface area contributed by atoms with E-state index in [-0.39, 0.29) is 12.2 Å². The van der Waals surface area contributed by atoms with Crippen LogP contribution >= 0.6 is 0 Å². The minimum atomic E-state index is -0.233. The van der Waals surface area contributed by atoms with Gasteiger partial charge in [0.25, 0.3) is 5.56 Å². The Morgan fingerprint density at radius 2 is 2.42 bits per heavy atom. The molecule has 5 nitrogen and oxygen atoms in total. The van der Waals surface area contributed by atoms with Gasteiger partial charge in [0.1, 0.15) is 0 Å². The topological polar surface area (TPSA) is 81.1 Å². The van der Waals surface area contributed by atoms with Crippen molar-refractivity contribution in [2.24, 2.45) is 0 Å². The maximum absolute atomic E-state index is 11.1. The SMILES string of the molecule is Nc1cnn(CCCO)c(=O)c1. The van der Waals surface area contributed by atoms with Crippen LogP contribution in [0.3, 0.4) is 0 Å². The summed E-state index contributed by atoms with van der Waals surface area (Å²) in [6, 6.07) is 1.31. The number of aryl methyl sites for hydroxylation is 1. The van der Waals surface area contributed by atoms with Gasteiger partial charge in [-0.25, -0.2) is 4.68 Å². The fourth-order valence-electron chi connectivity index (χ4n) is 0.836. The molecule has 0 unspecified atom stereocenters. The summed E-state index contributed by atoms with van der Waals surface area (Å²) < 4.78 is 1.27. The lowest BCUT2D eigenvalue weighted by Gasteiger charge is -2.01. The average Bonchev–Trinajstić information content (AvgIpc) is 2.03. The van der Waals surface area contributed by atoms with Crippen LogP contribution in [-0.2, 0) is 6.54 Å². The van der Waals surface area contributed by atoms with Gasteiger partial charge in [-0.2, -0.15) is 5.10 Å². The van der Waals surface area contributed by atoms with E-state index in [0.717, 1.165) is 0 Å². The van der Waals surface area contributed by atoms with Crippen LogP contribution in [0.25, 0.3) is 0 Å². The van der Waals surface area contributed by atoms with E-state index in [0.29, 0.717) is 18.7 Å². The summed E-state index contributed by atoms with van der Waals surface area (Å²) in [6.45, 7) is 0.480. The standard InChI is InChI=1S/C7H11N3O2/c8-6-4-7(12)10(9-5-6)2-1-3-11/h4-5,11H,1-3,8H2. The fourth-order valence-corrected chi connectivity index (χ4v) is 0.836. The van der Waals surface area contributed by atoms with Crippen LogP contribution in [0.2, 0.25) is 0 Å². The van der Waals surface area contributed by atoms with E-state index in [4.69, 9.17) is 10.8 Å². The number of rotatable bonds is 3. The van der Waals surface area contributed by atoms with Gasteiger partial charge in [0.05, 0.1) is 11.9 Å². The molecule has 3 N–H and O–H groups in total. The zero-order valence-corrected chi connectivity index (χ0v) is 6.60. The Bertz CT molecular complexity index is 308. The van der Waals surface area contributed by atoms with E-state index >= 15 is 0 Å². The molecule has 0 aliphatic carbocycles. The normalized spacial score (nSPS) is 10.1. The number of hydrogen-bond acceptors (Lipinski definition) is 4. The number of hydrogen-bond donors (Lipinski definition) is 2. The molecule has 5 heteroatoms. The van der Waals surface area contributed by atoms with Crippen LogP contribution in [0.4, 0.5) is 5.69 Å². The molecular weight excluding hydrogens is 158 g/mol. The largest absolute Gasteiger partial charge is 0.397 e. The van der Waals surface area contributed by atoms with Crippen LogP contribution < -0.4 is 11.3 Å². The van der Waals surface area contributed by atoms with Gasteiger partial charge in [0, 0.05) is 19.2 Å². The zero-order chi connectivity index (χ0) is 8.97. The van der Waals surface area contributed by atoms with E-state index in [1.54, 1.807) is 0 Å². The van der Waals surface area contributed by atoms with Crippen LogP contribution in [0.1, 0.15) is 6.42 Å². The lowest BCUT2D eigenvalue weighted by atomic mass is 10.4. The Labute approximate surface area is 69.4 Å². The first kappa shape index (κ1) is 8.73. The summed E-state index contributed by atoms with van der Waals surface area (Å²) in [5, 5.41) is 12.3. The molecule has 0 fully saturated rings. The van der Waals surface area contributed by atoms with Crippen LogP contribution in [0, 0.1) is 0 Å².